The van der Waals surface area contributed by atoms with Crippen LogP contribution >= 0.6 is 0 Å². The van der Waals surface area contributed by atoms with Gasteiger partial charge in [0.05, 0.1) is 17.2 Å². The van der Waals surface area contributed by atoms with E-state index in [0.29, 0.717) is 5.69 Å². The van der Waals surface area contributed by atoms with E-state index in [9.17, 15) is 5.11 Å². The van der Waals surface area contributed by atoms with Crippen molar-refractivity contribution in [2.24, 2.45) is 5.41 Å². The SMILES string of the molecule is N#CC1(C(O)c2ccccn2)CCC1. The van der Waals surface area contributed by atoms with Crippen molar-refractivity contribution in [3.63, 3.8) is 0 Å². The number of hydrogen-bond donors (Lipinski definition) is 1. The van der Waals surface area contributed by atoms with Gasteiger partial charge in [0.1, 0.15) is 6.10 Å². The molecule has 0 radical (unpaired) electrons. The maximum atomic E-state index is 10.0. The lowest BCUT2D eigenvalue weighted by molar-refractivity contribution is 0.00505. The summed E-state index contributed by atoms with van der Waals surface area (Å²) < 4.78 is 0. The zero-order valence-corrected chi connectivity index (χ0v) is 7.85. The first-order valence-electron chi connectivity index (χ1n) is 4.79. The number of hydrogen-bond acceptors (Lipinski definition) is 3. The normalized spacial score (nSPS) is 20.6. The molecule has 0 aromatic carbocycles. The third-order valence-corrected chi connectivity index (χ3v) is 2.96. The van der Waals surface area contributed by atoms with Crippen LogP contribution in [0.3, 0.4) is 0 Å². The number of aliphatic hydroxyl groups is 1. The minimum absolute atomic E-state index is 0.575. The van der Waals surface area contributed by atoms with Crippen molar-refractivity contribution in [1.29, 1.82) is 5.26 Å². The molecular formula is C11H12N2O. The van der Waals surface area contributed by atoms with Gasteiger partial charge in [-0.05, 0) is 25.0 Å². The molecule has 1 fully saturated rings. The molecule has 1 heterocycles. The number of aliphatic hydroxyl groups excluding tert-OH is 1. The van der Waals surface area contributed by atoms with E-state index in [2.05, 4.69) is 11.1 Å². The molecule has 14 heavy (non-hydrogen) atoms. The quantitative estimate of drug-likeness (QED) is 0.770. The Morgan fingerprint density at radius 3 is 2.71 bits per heavy atom. The molecule has 1 aromatic rings. The standard InChI is InChI=1S/C11H12N2O/c12-8-11(5-3-6-11)10(14)9-4-1-2-7-13-9/h1-2,4,7,10,14H,3,5-6H2. The van der Waals surface area contributed by atoms with Gasteiger partial charge in [0, 0.05) is 6.20 Å². The van der Waals surface area contributed by atoms with Crippen molar-refractivity contribution in [2.75, 3.05) is 0 Å². The smallest absolute Gasteiger partial charge is 0.114 e. The molecule has 1 aliphatic rings. The maximum Gasteiger partial charge on any atom is 0.114 e. The van der Waals surface area contributed by atoms with Gasteiger partial charge >= 0.3 is 0 Å². The highest BCUT2D eigenvalue weighted by molar-refractivity contribution is 5.18. The van der Waals surface area contributed by atoms with E-state index < -0.39 is 11.5 Å². The molecule has 1 atom stereocenters. The third-order valence-electron chi connectivity index (χ3n) is 2.96. The lowest BCUT2D eigenvalue weighted by Gasteiger charge is -2.38. The molecule has 0 amide bonds. The molecule has 0 bridgehead atoms. The molecule has 0 aliphatic heterocycles. The van der Waals surface area contributed by atoms with Gasteiger partial charge in [0.15, 0.2) is 0 Å². The number of rotatable bonds is 2. The van der Waals surface area contributed by atoms with E-state index in [1.165, 1.54) is 0 Å². The number of nitriles is 1. The Kier molecular flexibility index (Phi) is 2.22. The lowest BCUT2D eigenvalue weighted by atomic mass is 9.65. The molecule has 2 rings (SSSR count). The molecule has 72 valence electrons. The summed E-state index contributed by atoms with van der Waals surface area (Å²) in [7, 11) is 0. The number of aromatic nitrogens is 1. The monoisotopic (exact) mass is 188 g/mol. The van der Waals surface area contributed by atoms with Crippen LogP contribution in [0, 0.1) is 16.7 Å². The fourth-order valence-electron chi connectivity index (χ4n) is 1.82. The van der Waals surface area contributed by atoms with Crippen LogP contribution in [0.4, 0.5) is 0 Å². The first-order valence-corrected chi connectivity index (χ1v) is 4.79. The van der Waals surface area contributed by atoms with Crippen LogP contribution < -0.4 is 0 Å². The summed E-state index contributed by atoms with van der Waals surface area (Å²) >= 11 is 0. The average Bonchev–Trinajstić information content (AvgIpc) is 2.18. The molecule has 0 saturated heterocycles. The minimum Gasteiger partial charge on any atom is -0.385 e. The Morgan fingerprint density at radius 2 is 2.29 bits per heavy atom. The predicted molar refractivity (Wildman–Crippen MR) is 51.1 cm³/mol. The highest BCUT2D eigenvalue weighted by atomic mass is 16.3. The van der Waals surface area contributed by atoms with Crippen LogP contribution in [0.15, 0.2) is 24.4 Å². The largest absolute Gasteiger partial charge is 0.385 e. The van der Waals surface area contributed by atoms with Crippen LogP contribution in [0.1, 0.15) is 31.1 Å². The van der Waals surface area contributed by atoms with Gasteiger partial charge in [0.2, 0.25) is 0 Å². The molecule has 1 unspecified atom stereocenters. The minimum atomic E-state index is -0.734. The van der Waals surface area contributed by atoms with Crippen LogP contribution in [0.2, 0.25) is 0 Å². The lowest BCUT2D eigenvalue weighted by Crippen LogP contribution is -2.34. The molecule has 1 saturated carbocycles. The van der Waals surface area contributed by atoms with E-state index in [-0.39, 0.29) is 0 Å². The van der Waals surface area contributed by atoms with Gasteiger partial charge in [-0.3, -0.25) is 4.98 Å². The summed E-state index contributed by atoms with van der Waals surface area (Å²) in [4.78, 5) is 4.07. The van der Waals surface area contributed by atoms with E-state index in [4.69, 9.17) is 5.26 Å². The van der Waals surface area contributed by atoms with Gasteiger partial charge in [-0.15, -0.1) is 0 Å². The predicted octanol–water partition coefficient (Wildman–Crippen LogP) is 1.81. The van der Waals surface area contributed by atoms with Crippen LogP contribution in [0.5, 0.6) is 0 Å². The Hall–Kier alpha value is -1.40. The second-order valence-electron chi connectivity index (χ2n) is 3.78. The fourth-order valence-corrected chi connectivity index (χ4v) is 1.82. The van der Waals surface area contributed by atoms with Crippen molar-refractivity contribution >= 4 is 0 Å². The summed E-state index contributed by atoms with van der Waals surface area (Å²) in [5, 5.41) is 19.0. The zero-order valence-electron chi connectivity index (χ0n) is 7.85. The van der Waals surface area contributed by atoms with Crippen LogP contribution in [-0.2, 0) is 0 Å². The summed E-state index contributed by atoms with van der Waals surface area (Å²) in [6, 6.07) is 7.62. The zero-order chi connectivity index (χ0) is 10.0. The van der Waals surface area contributed by atoms with Crippen molar-refractivity contribution in [2.45, 2.75) is 25.4 Å². The first-order chi connectivity index (χ1) is 6.78. The van der Waals surface area contributed by atoms with Gasteiger partial charge in [0.25, 0.3) is 0 Å². The van der Waals surface area contributed by atoms with Crippen molar-refractivity contribution < 1.29 is 5.11 Å². The Morgan fingerprint density at radius 1 is 1.50 bits per heavy atom. The second kappa shape index (κ2) is 3.39. The Labute approximate surface area is 83.0 Å². The average molecular weight is 188 g/mol. The molecule has 0 spiro atoms. The molecule has 1 N–H and O–H groups in total. The first kappa shape index (κ1) is 9.17. The summed E-state index contributed by atoms with van der Waals surface area (Å²) in [6.45, 7) is 0. The Balaban J connectivity index is 2.24. The maximum absolute atomic E-state index is 10.0. The topological polar surface area (TPSA) is 56.9 Å². The molecule has 3 heteroatoms. The highest BCUT2D eigenvalue weighted by Gasteiger charge is 2.45. The van der Waals surface area contributed by atoms with E-state index in [0.717, 1.165) is 19.3 Å². The van der Waals surface area contributed by atoms with Crippen molar-refractivity contribution in [1.82, 2.24) is 4.98 Å². The summed E-state index contributed by atoms with van der Waals surface area (Å²) in [5.74, 6) is 0. The van der Waals surface area contributed by atoms with E-state index in [1.807, 2.05) is 6.07 Å². The molecular weight excluding hydrogens is 176 g/mol. The van der Waals surface area contributed by atoms with Gasteiger partial charge in [-0.25, -0.2) is 0 Å². The van der Waals surface area contributed by atoms with Crippen LogP contribution in [-0.4, -0.2) is 10.1 Å². The highest BCUT2D eigenvalue weighted by Crippen LogP contribution is 2.49. The second-order valence-corrected chi connectivity index (χ2v) is 3.78. The third kappa shape index (κ3) is 1.28. The van der Waals surface area contributed by atoms with E-state index in [1.54, 1.807) is 18.3 Å². The summed E-state index contributed by atoms with van der Waals surface area (Å²) in [5.41, 5.74) is 0.0303. The number of nitrogens with zero attached hydrogens (tertiary/aromatic N) is 2. The molecule has 1 aromatic heterocycles. The van der Waals surface area contributed by atoms with Gasteiger partial charge in [-0.1, -0.05) is 12.5 Å². The van der Waals surface area contributed by atoms with Crippen molar-refractivity contribution in [3.05, 3.63) is 30.1 Å². The van der Waals surface area contributed by atoms with Gasteiger partial charge < -0.3 is 5.11 Å². The molecule has 3 nitrogen and oxygen atoms in total. The summed E-state index contributed by atoms with van der Waals surface area (Å²) in [6.07, 6.45) is 3.49. The van der Waals surface area contributed by atoms with Crippen molar-refractivity contribution in [3.8, 4) is 6.07 Å². The van der Waals surface area contributed by atoms with Crippen LogP contribution in [0.25, 0.3) is 0 Å². The van der Waals surface area contributed by atoms with Gasteiger partial charge in [-0.2, -0.15) is 5.26 Å². The van der Waals surface area contributed by atoms with E-state index >= 15 is 0 Å². The fraction of sp³-hybridized carbons (Fsp3) is 0.455. The Bertz CT molecular complexity index is 351. The number of pyridine rings is 1. The molecule has 1 aliphatic carbocycles.